The predicted molar refractivity (Wildman–Crippen MR) is 104 cm³/mol. The fourth-order valence-electron chi connectivity index (χ4n) is 3.31. The molecule has 0 radical (unpaired) electrons. The highest BCUT2D eigenvalue weighted by Crippen LogP contribution is 2.32. The molecule has 1 saturated carbocycles. The maximum absolute atomic E-state index is 12.9. The minimum Gasteiger partial charge on any atom is -0.370 e. The highest BCUT2D eigenvalue weighted by atomic mass is 35.5. The Hall–Kier alpha value is -1.90. The summed E-state index contributed by atoms with van der Waals surface area (Å²) in [5, 5.41) is 1.50. The van der Waals surface area contributed by atoms with Crippen molar-refractivity contribution in [2.75, 3.05) is 0 Å². The van der Waals surface area contributed by atoms with Crippen LogP contribution < -0.4 is 16.2 Å². The van der Waals surface area contributed by atoms with Gasteiger partial charge < -0.3 is 11.5 Å². The first kappa shape index (κ1) is 18.9. The molecule has 140 valence electrons. The molecule has 0 saturated heterocycles. The Morgan fingerprint density at radius 3 is 2.69 bits per heavy atom. The van der Waals surface area contributed by atoms with Gasteiger partial charge in [-0.1, -0.05) is 37.4 Å². The maximum atomic E-state index is 12.9. The minimum atomic E-state index is -3.67. The van der Waals surface area contributed by atoms with E-state index in [0.29, 0.717) is 21.7 Å². The molecule has 0 bridgehead atoms. The van der Waals surface area contributed by atoms with E-state index in [4.69, 9.17) is 23.1 Å². The molecule has 1 heterocycles. The van der Waals surface area contributed by atoms with E-state index in [-0.39, 0.29) is 22.7 Å². The number of guanidine groups is 1. The van der Waals surface area contributed by atoms with E-state index < -0.39 is 10.0 Å². The lowest BCUT2D eigenvalue weighted by Crippen LogP contribution is -2.40. The average molecular weight is 396 g/mol. The topological polar surface area (TPSA) is 123 Å². The first-order chi connectivity index (χ1) is 12.3. The summed E-state index contributed by atoms with van der Waals surface area (Å²) in [5.74, 6) is 0.378. The van der Waals surface area contributed by atoms with E-state index in [0.717, 1.165) is 25.7 Å². The van der Waals surface area contributed by atoms with Crippen LogP contribution in [0.4, 0.5) is 5.82 Å². The van der Waals surface area contributed by atoms with Crippen molar-refractivity contribution in [1.29, 1.82) is 0 Å². The van der Waals surface area contributed by atoms with Crippen LogP contribution in [-0.2, 0) is 10.0 Å². The van der Waals surface area contributed by atoms with Gasteiger partial charge in [-0.05, 0) is 30.9 Å². The van der Waals surface area contributed by atoms with Gasteiger partial charge in [-0.2, -0.15) is 4.99 Å². The standard InChI is InChI=1S/C17H22ClN5O2S/c1-10-4-2-3-5-15(10)23-26(24,25)11-6-7-12-13(8-11)16(22-17(19)20)21-9-14(12)18/h6-10,15,23H,2-5H2,1H3,(H4,19,20,21,22)/t10-,15-/m0/s1. The number of rotatable bonds is 4. The van der Waals surface area contributed by atoms with Crippen LogP contribution in [0.1, 0.15) is 32.6 Å². The zero-order valence-electron chi connectivity index (χ0n) is 14.4. The summed E-state index contributed by atoms with van der Waals surface area (Å²) in [5.41, 5.74) is 10.9. The number of aromatic nitrogens is 1. The fourth-order valence-corrected chi connectivity index (χ4v) is 4.93. The maximum Gasteiger partial charge on any atom is 0.240 e. The lowest BCUT2D eigenvalue weighted by Gasteiger charge is -2.29. The molecule has 5 N–H and O–H groups in total. The number of nitrogens with one attached hydrogen (secondary N) is 1. The molecule has 26 heavy (non-hydrogen) atoms. The molecule has 1 aliphatic carbocycles. The van der Waals surface area contributed by atoms with Gasteiger partial charge in [0.2, 0.25) is 10.0 Å². The van der Waals surface area contributed by atoms with Crippen molar-refractivity contribution < 1.29 is 8.42 Å². The van der Waals surface area contributed by atoms with Crippen molar-refractivity contribution in [3.8, 4) is 0 Å². The summed E-state index contributed by atoms with van der Waals surface area (Å²) >= 11 is 6.17. The Balaban J connectivity index is 2.03. The highest BCUT2D eigenvalue weighted by Gasteiger charge is 2.27. The SMILES string of the molecule is C[C@H]1CCCC[C@@H]1NS(=O)(=O)c1ccc2c(Cl)cnc(N=C(N)N)c2c1. The highest BCUT2D eigenvalue weighted by molar-refractivity contribution is 7.89. The van der Waals surface area contributed by atoms with Crippen LogP contribution in [0.3, 0.4) is 0 Å². The number of sulfonamides is 1. The molecule has 1 aliphatic rings. The number of hydrogen-bond donors (Lipinski definition) is 3. The molecule has 1 aromatic carbocycles. The average Bonchev–Trinajstić information content (AvgIpc) is 2.59. The predicted octanol–water partition coefficient (Wildman–Crippen LogP) is 2.65. The zero-order valence-corrected chi connectivity index (χ0v) is 16.0. The molecular formula is C17H22ClN5O2S. The Kier molecular flexibility index (Phi) is 5.36. The summed E-state index contributed by atoms with van der Waals surface area (Å²) < 4.78 is 28.6. The van der Waals surface area contributed by atoms with E-state index in [2.05, 4.69) is 21.6 Å². The van der Waals surface area contributed by atoms with Crippen LogP contribution in [0.25, 0.3) is 10.8 Å². The molecule has 1 aromatic heterocycles. The van der Waals surface area contributed by atoms with E-state index in [1.165, 1.54) is 18.3 Å². The smallest absolute Gasteiger partial charge is 0.240 e. The second-order valence-corrected chi connectivity index (χ2v) is 8.78. The molecule has 0 unspecified atom stereocenters. The Bertz CT molecular complexity index is 957. The Morgan fingerprint density at radius 1 is 1.27 bits per heavy atom. The first-order valence-electron chi connectivity index (χ1n) is 8.48. The normalized spacial score (nSPS) is 20.8. The van der Waals surface area contributed by atoms with Gasteiger partial charge in [0.1, 0.15) is 0 Å². The molecule has 0 spiro atoms. The molecule has 0 aliphatic heterocycles. The second-order valence-electron chi connectivity index (χ2n) is 6.66. The van der Waals surface area contributed by atoms with Gasteiger partial charge in [-0.3, -0.25) is 0 Å². The number of pyridine rings is 1. The number of hydrogen-bond acceptors (Lipinski definition) is 4. The van der Waals surface area contributed by atoms with E-state index in [9.17, 15) is 8.42 Å². The van der Waals surface area contributed by atoms with Gasteiger partial charge >= 0.3 is 0 Å². The van der Waals surface area contributed by atoms with Crippen LogP contribution in [0.5, 0.6) is 0 Å². The summed E-state index contributed by atoms with van der Waals surface area (Å²) in [6.07, 6.45) is 5.48. The summed E-state index contributed by atoms with van der Waals surface area (Å²) in [6, 6.07) is 4.62. The Morgan fingerprint density at radius 2 is 2.00 bits per heavy atom. The summed E-state index contributed by atoms with van der Waals surface area (Å²) in [6.45, 7) is 2.08. The van der Waals surface area contributed by atoms with Crippen molar-refractivity contribution in [1.82, 2.24) is 9.71 Å². The summed E-state index contributed by atoms with van der Waals surface area (Å²) in [4.78, 5) is 8.21. The monoisotopic (exact) mass is 395 g/mol. The van der Waals surface area contributed by atoms with Crippen molar-refractivity contribution >= 4 is 44.2 Å². The molecule has 7 nitrogen and oxygen atoms in total. The van der Waals surface area contributed by atoms with Crippen molar-refractivity contribution in [3.05, 3.63) is 29.4 Å². The van der Waals surface area contributed by atoms with Crippen LogP contribution in [0.15, 0.2) is 34.3 Å². The van der Waals surface area contributed by atoms with Gasteiger partial charge in [0, 0.05) is 23.0 Å². The van der Waals surface area contributed by atoms with Crippen LogP contribution in [-0.4, -0.2) is 25.4 Å². The number of nitrogens with two attached hydrogens (primary N) is 2. The van der Waals surface area contributed by atoms with E-state index >= 15 is 0 Å². The number of nitrogens with zero attached hydrogens (tertiary/aromatic N) is 2. The number of aliphatic imine (C=N–C) groups is 1. The second kappa shape index (κ2) is 7.38. The number of halogens is 1. The van der Waals surface area contributed by atoms with E-state index in [1.54, 1.807) is 6.07 Å². The van der Waals surface area contributed by atoms with Crippen molar-refractivity contribution in [2.45, 2.75) is 43.5 Å². The Labute approximate surface area is 157 Å². The molecular weight excluding hydrogens is 374 g/mol. The zero-order chi connectivity index (χ0) is 18.9. The minimum absolute atomic E-state index is 0.0564. The van der Waals surface area contributed by atoms with Crippen LogP contribution >= 0.6 is 11.6 Å². The largest absolute Gasteiger partial charge is 0.370 e. The third-order valence-electron chi connectivity index (χ3n) is 4.75. The molecule has 2 aromatic rings. The van der Waals surface area contributed by atoms with Gasteiger partial charge in [0.25, 0.3) is 0 Å². The molecule has 1 fully saturated rings. The summed E-state index contributed by atoms with van der Waals surface area (Å²) in [7, 11) is -3.67. The van der Waals surface area contributed by atoms with Gasteiger partial charge in [0.05, 0.1) is 9.92 Å². The van der Waals surface area contributed by atoms with E-state index in [1.807, 2.05) is 0 Å². The quantitative estimate of drug-likeness (QED) is 0.542. The van der Waals surface area contributed by atoms with Gasteiger partial charge in [-0.25, -0.2) is 18.1 Å². The van der Waals surface area contributed by atoms with Crippen molar-refractivity contribution in [3.63, 3.8) is 0 Å². The molecule has 0 amide bonds. The lowest BCUT2D eigenvalue weighted by molar-refractivity contribution is 0.310. The number of benzene rings is 1. The fraction of sp³-hybridized carbons (Fsp3) is 0.412. The molecule has 2 atom stereocenters. The molecule has 3 rings (SSSR count). The van der Waals surface area contributed by atoms with Gasteiger partial charge in [-0.15, -0.1) is 0 Å². The van der Waals surface area contributed by atoms with Crippen LogP contribution in [0.2, 0.25) is 5.02 Å². The van der Waals surface area contributed by atoms with Crippen LogP contribution in [0, 0.1) is 5.92 Å². The number of fused-ring (bicyclic) bond motifs is 1. The third-order valence-corrected chi connectivity index (χ3v) is 6.54. The lowest BCUT2D eigenvalue weighted by atomic mass is 9.87. The molecule has 9 heteroatoms. The van der Waals surface area contributed by atoms with Crippen molar-refractivity contribution in [2.24, 2.45) is 22.4 Å². The van der Waals surface area contributed by atoms with Gasteiger partial charge in [0.15, 0.2) is 11.8 Å². The third kappa shape index (κ3) is 3.92. The first-order valence-corrected chi connectivity index (χ1v) is 10.3.